The highest BCUT2D eigenvalue weighted by atomic mass is 16.4. The number of nitrogens with zero attached hydrogens (tertiary/aromatic N) is 1. The molecule has 2 N–H and O–H groups in total. The Morgan fingerprint density at radius 2 is 1.71 bits per heavy atom. The van der Waals surface area contributed by atoms with Gasteiger partial charge < -0.3 is 15.3 Å². The first-order valence-electron chi connectivity index (χ1n) is 7.63. The van der Waals surface area contributed by atoms with E-state index in [4.69, 9.17) is 0 Å². The average molecular weight is 298 g/mol. The van der Waals surface area contributed by atoms with Crippen molar-refractivity contribution >= 4 is 17.8 Å². The fourth-order valence-corrected chi connectivity index (χ4v) is 3.05. The topological polar surface area (TPSA) is 86.7 Å². The highest BCUT2D eigenvalue weighted by molar-refractivity contribution is 5.90. The van der Waals surface area contributed by atoms with E-state index in [2.05, 4.69) is 5.32 Å². The third-order valence-corrected chi connectivity index (χ3v) is 4.26. The molecule has 0 spiro atoms. The Bertz CT molecular complexity index is 406. The van der Waals surface area contributed by atoms with Gasteiger partial charge in [-0.1, -0.05) is 6.92 Å². The second-order valence-corrected chi connectivity index (χ2v) is 5.87. The van der Waals surface area contributed by atoms with Crippen molar-refractivity contribution in [1.82, 2.24) is 10.2 Å². The minimum atomic E-state index is -0.928. The standard InChI is InChI=1S/C15H26N2O4/c1-5-17(6-2)14(19)10(4)16-13(18)11-7-9(3)8-12(11)15(20)21/h9-12H,5-8H2,1-4H3,(H,16,18)(H,20,21). The van der Waals surface area contributed by atoms with Gasteiger partial charge in [0.15, 0.2) is 0 Å². The molecule has 4 atom stereocenters. The third-order valence-electron chi connectivity index (χ3n) is 4.26. The molecule has 0 aliphatic heterocycles. The smallest absolute Gasteiger partial charge is 0.307 e. The Hall–Kier alpha value is -1.59. The summed E-state index contributed by atoms with van der Waals surface area (Å²) in [5.41, 5.74) is 0. The number of carbonyl (C=O) groups excluding carboxylic acids is 2. The van der Waals surface area contributed by atoms with Gasteiger partial charge in [0.05, 0.1) is 11.8 Å². The molecule has 1 aliphatic carbocycles. The summed E-state index contributed by atoms with van der Waals surface area (Å²) in [4.78, 5) is 37.3. The Morgan fingerprint density at radius 3 is 2.19 bits per heavy atom. The minimum absolute atomic E-state index is 0.133. The first-order valence-corrected chi connectivity index (χ1v) is 7.63. The van der Waals surface area contributed by atoms with E-state index in [1.54, 1.807) is 11.8 Å². The Morgan fingerprint density at radius 1 is 1.19 bits per heavy atom. The molecule has 0 radical (unpaired) electrons. The van der Waals surface area contributed by atoms with E-state index in [0.29, 0.717) is 25.9 Å². The highest BCUT2D eigenvalue weighted by Crippen LogP contribution is 2.36. The van der Waals surface area contributed by atoms with Gasteiger partial charge in [0.2, 0.25) is 11.8 Å². The number of rotatable bonds is 6. The van der Waals surface area contributed by atoms with Crippen LogP contribution in [0.5, 0.6) is 0 Å². The van der Waals surface area contributed by atoms with Gasteiger partial charge in [-0.3, -0.25) is 14.4 Å². The lowest BCUT2D eigenvalue weighted by Crippen LogP contribution is -2.49. The predicted molar refractivity (Wildman–Crippen MR) is 78.5 cm³/mol. The quantitative estimate of drug-likeness (QED) is 0.769. The molecule has 120 valence electrons. The summed E-state index contributed by atoms with van der Waals surface area (Å²) in [5.74, 6) is -2.34. The molecular formula is C15H26N2O4. The predicted octanol–water partition coefficient (Wildman–Crippen LogP) is 1.11. The van der Waals surface area contributed by atoms with Crippen molar-refractivity contribution < 1.29 is 19.5 Å². The fourth-order valence-electron chi connectivity index (χ4n) is 3.05. The lowest BCUT2D eigenvalue weighted by molar-refractivity contribution is -0.146. The van der Waals surface area contributed by atoms with Gasteiger partial charge in [-0.05, 0) is 39.5 Å². The first kappa shape index (κ1) is 17.5. The van der Waals surface area contributed by atoms with Crippen molar-refractivity contribution in [3.63, 3.8) is 0 Å². The van der Waals surface area contributed by atoms with Crippen molar-refractivity contribution in [1.29, 1.82) is 0 Å². The number of aliphatic carboxylic acids is 1. The Kier molecular flexibility index (Phi) is 6.18. The monoisotopic (exact) mass is 298 g/mol. The van der Waals surface area contributed by atoms with E-state index in [1.165, 1.54) is 0 Å². The van der Waals surface area contributed by atoms with Crippen molar-refractivity contribution in [2.24, 2.45) is 17.8 Å². The normalized spacial score (nSPS) is 26.2. The fraction of sp³-hybridized carbons (Fsp3) is 0.800. The molecule has 2 amide bonds. The maximum absolute atomic E-state index is 12.3. The molecule has 0 heterocycles. The number of nitrogens with one attached hydrogen (secondary N) is 1. The lowest BCUT2D eigenvalue weighted by Gasteiger charge is -2.25. The van der Waals surface area contributed by atoms with Crippen molar-refractivity contribution in [3.05, 3.63) is 0 Å². The van der Waals surface area contributed by atoms with Crippen LogP contribution in [0.4, 0.5) is 0 Å². The van der Waals surface area contributed by atoms with Crippen LogP contribution in [-0.4, -0.2) is 46.9 Å². The Labute approximate surface area is 125 Å². The minimum Gasteiger partial charge on any atom is -0.481 e. The van der Waals surface area contributed by atoms with Gasteiger partial charge in [-0.15, -0.1) is 0 Å². The highest BCUT2D eigenvalue weighted by Gasteiger charge is 2.41. The van der Waals surface area contributed by atoms with Crippen LogP contribution >= 0.6 is 0 Å². The first-order chi connectivity index (χ1) is 9.81. The summed E-state index contributed by atoms with van der Waals surface area (Å²) in [5, 5.41) is 11.9. The van der Waals surface area contributed by atoms with Crippen LogP contribution in [0.3, 0.4) is 0 Å². The molecule has 1 saturated carbocycles. The number of amides is 2. The maximum atomic E-state index is 12.3. The molecule has 0 aromatic rings. The summed E-state index contributed by atoms with van der Waals surface area (Å²) in [7, 11) is 0. The van der Waals surface area contributed by atoms with E-state index in [9.17, 15) is 19.5 Å². The molecule has 0 bridgehead atoms. The van der Waals surface area contributed by atoms with E-state index in [-0.39, 0.29) is 17.7 Å². The van der Waals surface area contributed by atoms with Crippen LogP contribution in [0.1, 0.15) is 40.5 Å². The summed E-state index contributed by atoms with van der Waals surface area (Å²) in [6.07, 6.45) is 1.08. The summed E-state index contributed by atoms with van der Waals surface area (Å²) in [6.45, 7) is 8.55. The average Bonchev–Trinajstić information content (AvgIpc) is 2.82. The number of carboxylic acids is 1. The van der Waals surface area contributed by atoms with Crippen LogP contribution in [0.25, 0.3) is 0 Å². The molecule has 4 unspecified atom stereocenters. The summed E-state index contributed by atoms with van der Waals surface area (Å²) in [6, 6.07) is -0.622. The zero-order valence-corrected chi connectivity index (χ0v) is 13.3. The van der Waals surface area contributed by atoms with Crippen LogP contribution in [0.2, 0.25) is 0 Å². The molecule has 1 fully saturated rings. The molecule has 6 heteroatoms. The maximum Gasteiger partial charge on any atom is 0.307 e. The molecule has 6 nitrogen and oxygen atoms in total. The van der Waals surface area contributed by atoms with E-state index < -0.39 is 23.8 Å². The van der Waals surface area contributed by atoms with Crippen LogP contribution in [0.15, 0.2) is 0 Å². The lowest BCUT2D eigenvalue weighted by atomic mass is 9.95. The van der Waals surface area contributed by atoms with Crippen LogP contribution < -0.4 is 5.32 Å². The molecule has 1 rings (SSSR count). The molecule has 21 heavy (non-hydrogen) atoms. The number of carbonyl (C=O) groups is 3. The summed E-state index contributed by atoms with van der Waals surface area (Å²) >= 11 is 0. The van der Waals surface area contributed by atoms with E-state index in [1.807, 2.05) is 20.8 Å². The third kappa shape index (κ3) is 4.19. The SMILES string of the molecule is CCN(CC)C(=O)C(C)NC(=O)C1CC(C)CC1C(=O)O. The second-order valence-electron chi connectivity index (χ2n) is 5.87. The molecule has 0 aromatic heterocycles. The summed E-state index contributed by atoms with van der Waals surface area (Å²) < 4.78 is 0. The molecular weight excluding hydrogens is 272 g/mol. The number of carboxylic acid groups (broad SMARTS) is 1. The number of hydrogen-bond donors (Lipinski definition) is 2. The van der Waals surface area contributed by atoms with Crippen molar-refractivity contribution in [2.75, 3.05) is 13.1 Å². The van der Waals surface area contributed by atoms with Gasteiger partial charge in [-0.2, -0.15) is 0 Å². The van der Waals surface area contributed by atoms with Gasteiger partial charge in [0.25, 0.3) is 0 Å². The van der Waals surface area contributed by atoms with Crippen LogP contribution in [0, 0.1) is 17.8 Å². The van der Waals surface area contributed by atoms with Crippen molar-refractivity contribution in [2.45, 2.75) is 46.6 Å². The molecule has 0 saturated heterocycles. The van der Waals surface area contributed by atoms with E-state index >= 15 is 0 Å². The second kappa shape index (κ2) is 7.43. The van der Waals surface area contributed by atoms with Crippen LogP contribution in [-0.2, 0) is 14.4 Å². The molecule has 1 aliphatic rings. The largest absolute Gasteiger partial charge is 0.481 e. The van der Waals surface area contributed by atoms with Crippen molar-refractivity contribution in [3.8, 4) is 0 Å². The van der Waals surface area contributed by atoms with Gasteiger partial charge in [0, 0.05) is 13.1 Å². The number of hydrogen-bond acceptors (Lipinski definition) is 3. The van der Waals surface area contributed by atoms with Gasteiger partial charge >= 0.3 is 5.97 Å². The van der Waals surface area contributed by atoms with E-state index in [0.717, 1.165) is 0 Å². The number of likely N-dealkylation sites (N-methyl/N-ethyl adjacent to an activating group) is 1. The zero-order valence-electron chi connectivity index (χ0n) is 13.3. The molecule has 0 aromatic carbocycles. The Balaban J connectivity index is 2.67. The van der Waals surface area contributed by atoms with Gasteiger partial charge in [-0.25, -0.2) is 0 Å². The van der Waals surface area contributed by atoms with Gasteiger partial charge in [0.1, 0.15) is 6.04 Å². The zero-order chi connectivity index (χ0) is 16.2.